The van der Waals surface area contributed by atoms with Gasteiger partial charge in [-0.1, -0.05) is 11.6 Å². The normalized spacial score (nSPS) is 18.4. The highest BCUT2D eigenvalue weighted by Crippen LogP contribution is 2.32. The number of thiazole rings is 1. The molecule has 2 rings (SSSR count). The number of halogens is 1. The second-order valence-electron chi connectivity index (χ2n) is 6.77. The van der Waals surface area contributed by atoms with Crippen LogP contribution in [0.1, 0.15) is 59.9 Å². The third-order valence-corrected chi connectivity index (χ3v) is 5.02. The van der Waals surface area contributed by atoms with Crippen LogP contribution >= 0.6 is 22.9 Å². The number of piperidine rings is 1. The second-order valence-corrected chi connectivity index (χ2v) is 8.02. The quantitative estimate of drug-likeness (QED) is 0.592. The van der Waals surface area contributed by atoms with Gasteiger partial charge in [0.25, 0.3) is 0 Å². The molecule has 1 atom stereocenters. The second kappa shape index (κ2) is 7.70. The highest BCUT2D eigenvalue weighted by Gasteiger charge is 2.30. The molecule has 1 amide bonds. The number of carbonyl (C=O) groups excluding carboxylic acids is 2. The van der Waals surface area contributed by atoms with Gasteiger partial charge in [-0.25, -0.2) is 14.6 Å². The van der Waals surface area contributed by atoms with Crippen LogP contribution in [0.4, 0.5) is 4.79 Å². The number of alkyl halides is 1. The standard InChI is InChI=1S/C16H23ClN2O4S/c1-10-12(14(20)22-9-17)24-13(18-10)11-6-5-7-19(8-11)15(21)23-16(2,3)4/h11H,5-9H2,1-4H3. The van der Waals surface area contributed by atoms with Crippen molar-refractivity contribution < 1.29 is 19.1 Å². The summed E-state index contributed by atoms with van der Waals surface area (Å²) in [5, 5.41) is 0.849. The number of hydrogen-bond acceptors (Lipinski definition) is 6. The van der Waals surface area contributed by atoms with E-state index >= 15 is 0 Å². The zero-order valence-corrected chi connectivity index (χ0v) is 16.0. The Balaban J connectivity index is 2.08. The summed E-state index contributed by atoms with van der Waals surface area (Å²) in [5.41, 5.74) is 0.125. The van der Waals surface area contributed by atoms with E-state index in [9.17, 15) is 9.59 Å². The van der Waals surface area contributed by atoms with Gasteiger partial charge in [0.15, 0.2) is 6.07 Å². The first-order chi connectivity index (χ1) is 11.2. The van der Waals surface area contributed by atoms with Crippen LogP contribution in [0.15, 0.2) is 0 Å². The number of esters is 1. The van der Waals surface area contributed by atoms with E-state index in [2.05, 4.69) is 4.98 Å². The van der Waals surface area contributed by atoms with E-state index in [1.54, 1.807) is 11.8 Å². The molecule has 134 valence electrons. The van der Waals surface area contributed by atoms with Crippen molar-refractivity contribution in [3.8, 4) is 0 Å². The fraction of sp³-hybridized carbons (Fsp3) is 0.688. The Morgan fingerprint density at radius 3 is 2.75 bits per heavy atom. The molecule has 1 aromatic rings. The first-order valence-electron chi connectivity index (χ1n) is 7.89. The lowest BCUT2D eigenvalue weighted by Gasteiger charge is -2.33. The zero-order valence-electron chi connectivity index (χ0n) is 14.4. The highest BCUT2D eigenvalue weighted by atomic mass is 35.5. The number of nitrogens with zero attached hydrogens (tertiary/aromatic N) is 2. The minimum Gasteiger partial charge on any atom is -0.445 e. The molecule has 1 fully saturated rings. The summed E-state index contributed by atoms with van der Waals surface area (Å²) in [6.07, 6.45) is 1.50. The number of aromatic nitrogens is 1. The summed E-state index contributed by atoms with van der Waals surface area (Å²) in [7, 11) is 0. The molecule has 2 heterocycles. The Kier molecular flexibility index (Phi) is 6.09. The number of amides is 1. The lowest BCUT2D eigenvalue weighted by molar-refractivity contribution is 0.0198. The largest absolute Gasteiger partial charge is 0.445 e. The maximum Gasteiger partial charge on any atom is 0.410 e. The van der Waals surface area contributed by atoms with E-state index in [-0.39, 0.29) is 18.1 Å². The van der Waals surface area contributed by atoms with Gasteiger partial charge >= 0.3 is 12.1 Å². The number of ether oxygens (including phenoxy) is 2. The summed E-state index contributed by atoms with van der Waals surface area (Å²) < 4.78 is 10.3. The van der Waals surface area contributed by atoms with Gasteiger partial charge in [0.2, 0.25) is 0 Å². The molecule has 1 unspecified atom stereocenters. The van der Waals surface area contributed by atoms with Crippen molar-refractivity contribution in [3.63, 3.8) is 0 Å². The molecule has 0 spiro atoms. The molecule has 0 radical (unpaired) electrons. The van der Waals surface area contributed by atoms with Crippen LogP contribution in [0, 0.1) is 6.92 Å². The minimum atomic E-state index is -0.514. The van der Waals surface area contributed by atoms with Crippen LogP contribution in [-0.2, 0) is 9.47 Å². The van der Waals surface area contributed by atoms with Gasteiger partial charge < -0.3 is 14.4 Å². The van der Waals surface area contributed by atoms with Gasteiger partial charge in [-0.3, -0.25) is 0 Å². The predicted octanol–water partition coefficient (Wildman–Crippen LogP) is 3.92. The maximum absolute atomic E-state index is 12.3. The van der Waals surface area contributed by atoms with Crippen molar-refractivity contribution in [1.82, 2.24) is 9.88 Å². The summed E-state index contributed by atoms with van der Waals surface area (Å²) in [6.45, 7) is 8.56. The fourth-order valence-corrected chi connectivity index (χ4v) is 3.75. The van der Waals surface area contributed by atoms with Crippen LogP contribution in [0.3, 0.4) is 0 Å². The highest BCUT2D eigenvalue weighted by molar-refractivity contribution is 7.13. The summed E-state index contributed by atoms with van der Waals surface area (Å²) in [4.78, 5) is 30.8. The third-order valence-electron chi connectivity index (χ3n) is 3.61. The Labute approximate surface area is 151 Å². The topological polar surface area (TPSA) is 68.7 Å². The molecule has 1 aromatic heterocycles. The zero-order chi connectivity index (χ0) is 17.9. The van der Waals surface area contributed by atoms with Gasteiger partial charge in [-0.05, 0) is 40.5 Å². The molecule has 0 N–H and O–H groups in total. The first-order valence-corrected chi connectivity index (χ1v) is 9.24. The molecule has 6 nitrogen and oxygen atoms in total. The van der Waals surface area contributed by atoms with E-state index in [0.717, 1.165) is 17.8 Å². The van der Waals surface area contributed by atoms with E-state index in [1.807, 2.05) is 20.8 Å². The number of rotatable bonds is 3. The average molecular weight is 375 g/mol. The fourth-order valence-electron chi connectivity index (χ4n) is 2.57. The molecule has 8 heteroatoms. The van der Waals surface area contributed by atoms with Crippen LogP contribution in [0.2, 0.25) is 0 Å². The van der Waals surface area contributed by atoms with Crippen LogP contribution in [0.5, 0.6) is 0 Å². The Morgan fingerprint density at radius 1 is 1.42 bits per heavy atom. The monoisotopic (exact) mass is 374 g/mol. The Bertz CT molecular complexity index is 612. The molecule has 0 bridgehead atoms. The van der Waals surface area contributed by atoms with E-state index in [1.165, 1.54) is 11.3 Å². The lowest BCUT2D eigenvalue weighted by atomic mass is 9.99. The summed E-state index contributed by atoms with van der Waals surface area (Å²) in [6, 6.07) is -0.179. The van der Waals surface area contributed by atoms with Gasteiger partial charge in [0.1, 0.15) is 10.5 Å². The number of carbonyl (C=O) groups is 2. The summed E-state index contributed by atoms with van der Waals surface area (Å²) in [5.74, 6) is -0.349. The van der Waals surface area contributed by atoms with Crippen molar-refractivity contribution in [3.05, 3.63) is 15.6 Å². The van der Waals surface area contributed by atoms with Crippen LogP contribution in [-0.4, -0.2) is 46.7 Å². The van der Waals surface area contributed by atoms with Crippen molar-refractivity contribution in [1.29, 1.82) is 0 Å². The number of aryl methyl sites for hydroxylation is 1. The predicted molar refractivity (Wildman–Crippen MR) is 92.8 cm³/mol. The average Bonchev–Trinajstić information content (AvgIpc) is 2.88. The van der Waals surface area contributed by atoms with Crippen molar-refractivity contribution >= 4 is 35.0 Å². The van der Waals surface area contributed by atoms with Crippen LogP contribution in [0.25, 0.3) is 0 Å². The molecular formula is C16H23ClN2O4S. The van der Waals surface area contributed by atoms with E-state index in [4.69, 9.17) is 21.1 Å². The molecule has 0 aliphatic carbocycles. The minimum absolute atomic E-state index is 0.104. The Hall–Kier alpha value is -1.34. The maximum atomic E-state index is 12.3. The van der Waals surface area contributed by atoms with Gasteiger partial charge in [-0.2, -0.15) is 0 Å². The molecule has 1 aliphatic rings. The SMILES string of the molecule is Cc1nc(C2CCCN(C(=O)OC(C)(C)C)C2)sc1C(=O)OCCl. The molecular weight excluding hydrogens is 352 g/mol. The third kappa shape index (κ3) is 4.83. The number of likely N-dealkylation sites (tertiary alicyclic amines) is 1. The van der Waals surface area contributed by atoms with Crippen molar-refractivity contribution in [2.24, 2.45) is 0 Å². The van der Waals surface area contributed by atoms with E-state index < -0.39 is 11.6 Å². The molecule has 0 saturated carbocycles. The molecule has 1 aliphatic heterocycles. The molecule has 0 aromatic carbocycles. The van der Waals surface area contributed by atoms with Crippen molar-refractivity contribution in [2.45, 2.75) is 52.1 Å². The van der Waals surface area contributed by atoms with E-state index in [0.29, 0.717) is 23.7 Å². The molecule has 24 heavy (non-hydrogen) atoms. The molecule has 1 saturated heterocycles. The lowest BCUT2D eigenvalue weighted by Crippen LogP contribution is -2.42. The van der Waals surface area contributed by atoms with Crippen LogP contribution < -0.4 is 0 Å². The Morgan fingerprint density at radius 2 is 2.12 bits per heavy atom. The smallest absolute Gasteiger partial charge is 0.410 e. The van der Waals surface area contributed by atoms with Crippen molar-refractivity contribution in [2.75, 3.05) is 19.2 Å². The first kappa shape index (κ1) is 19.0. The summed E-state index contributed by atoms with van der Waals surface area (Å²) >= 11 is 6.76. The van der Waals surface area contributed by atoms with Gasteiger partial charge in [0, 0.05) is 19.0 Å². The van der Waals surface area contributed by atoms with Gasteiger partial charge in [0.05, 0.1) is 10.7 Å². The van der Waals surface area contributed by atoms with Gasteiger partial charge in [-0.15, -0.1) is 11.3 Å². The number of hydrogen-bond donors (Lipinski definition) is 0.